The van der Waals surface area contributed by atoms with Crippen LogP contribution in [-0.2, 0) is 7.05 Å². The number of benzene rings is 1. The Kier molecular flexibility index (Phi) is 2.84. The lowest BCUT2D eigenvalue weighted by molar-refractivity contribution is 0.412. The molecule has 0 spiro atoms. The van der Waals surface area contributed by atoms with Gasteiger partial charge in [-0.2, -0.15) is 10.4 Å². The summed E-state index contributed by atoms with van der Waals surface area (Å²) in [6.07, 6.45) is 0. The van der Waals surface area contributed by atoms with Crippen molar-refractivity contribution in [2.24, 2.45) is 7.05 Å². The van der Waals surface area contributed by atoms with Crippen LogP contribution in [0.4, 0.5) is 0 Å². The van der Waals surface area contributed by atoms with Crippen LogP contribution in [0.5, 0.6) is 5.75 Å². The highest BCUT2D eigenvalue weighted by molar-refractivity contribution is 5.63. The number of hydrogen-bond donors (Lipinski definition) is 0. The lowest BCUT2D eigenvalue weighted by atomic mass is 10.1. The summed E-state index contributed by atoms with van der Waals surface area (Å²) in [5, 5.41) is 12.9. The van der Waals surface area contributed by atoms with Crippen molar-refractivity contribution in [2.75, 3.05) is 7.11 Å². The van der Waals surface area contributed by atoms with Gasteiger partial charge in [0, 0.05) is 18.7 Å². The van der Waals surface area contributed by atoms with E-state index >= 15 is 0 Å². The van der Waals surface area contributed by atoms with Gasteiger partial charge >= 0.3 is 0 Å². The molecule has 0 N–H and O–H groups in total. The van der Waals surface area contributed by atoms with Gasteiger partial charge in [-0.1, -0.05) is 0 Å². The van der Waals surface area contributed by atoms with Crippen molar-refractivity contribution in [2.45, 2.75) is 6.92 Å². The molecule has 0 saturated heterocycles. The largest absolute Gasteiger partial charge is 0.496 e. The molecule has 17 heavy (non-hydrogen) atoms. The number of aromatic nitrogens is 2. The first-order valence-corrected chi connectivity index (χ1v) is 5.25. The van der Waals surface area contributed by atoms with Crippen molar-refractivity contribution < 1.29 is 4.74 Å². The number of methoxy groups -OCH3 is 1. The Morgan fingerprint density at radius 2 is 2.12 bits per heavy atom. The van der Waals surface area contributed by atoms with Crippen LogP contribution in [0, 0.1) is 18.3 Å². The minimum Gasteiger partial charge on any atom is -0.496 e. The van der Waals surface area contributed by atoms with Gasteiger partial charge in [-0.3, -0.25) is 4.68 Å². The van der Waals surface area contributed by atoms with E-state index in [1.54, 1.807) is 17.9 Å². The van der Waals surface area contributed by atoms with Crippen molar-refractivity contribution in [3.8, 4) is 23.1 Å². The molecule has 2 aromatic rings. The van der Waals surface area contributed by atoms with Crippen molar-refractivity contribution in [3.05, 3.63) is 35.5 Å². The first-order valence-electron chi connectivity index (χ1n) is 5.25. The molecule has 4 heteroatoms. The SMILES string of the molecule is COc1ccc(-c2cc(C#N)nn2C)cc1C. The summed E-state index contributed by atoms with van der Waals surface area (Å²) in [7, 11) is 3.48. The molecular weight excluding hydrogens is 214 g/mol. The Hall–Kier alpha value is -2.28. The van der Waals surface area contributed by atoms with Crippen LogP contribution < -0.4 is 4.74 Å². The molecule has 0 fully saturated rings. The highest BCUT2D eigenvalue weighted by Crippen LogP contribution is 2.26. The average molecular weight is 227 g/mol. The summed E-state index contributed by atoms with van der Waals surface area (Å²) in [5.74, 6) is 0.858. The highest BCUT2D eigenvalue weighted by Gasteiger charge is 2.08. The third-order valence-electron chi connectivity index (χ3n) is 2.68. The second-order valence-electron chi connectivity index (χ2n) is 3.83. The first-order chi connectivity index (χ1) is 8.15. The van der Waals surface area contributed by atoms with Crippen molar-refractivity contribution in [1.29, 1.82) is 5.26 Å². The van der Waals surface area contributed by atoms with E-state index in [9.17, 15) is 0 Å². The number of hydrogen-bond acceptors (Lipinski definition) is 3. The Morgan fingerprint density at radius 1 is 1.35 bits per heavy atom. The molecule has 0 radical (unpaired) electrons. The molecule has 1 aromatic heterocycles. The molecule has 0 aliphatic rings. The zero-order valence-corrected chi connectivity index (χ0v) is 10.1. The Balaban J connectivity index is 2.50. The lowest BCUT2D eigenvalue weighted by Crippen LogP contribution is -1.95. The topological polar surface area (TPSA) is 50.8 Å². The third kappa shape index (κ3) is 2.00. The number of nitrogens with zero attached hydrogens (tertiary/aromatic N) is 3. The van der Waals surface area contributed by atoms with E-state index in [2.05, 4.69) is 5.10 Å². The van der Waals surface area contributed by atoms with Gasteiger partial charge in [0.1, 0.15) is 11.8 Å². The maximum Gasteiger partial charge on any atom is 0.163 e. The molecule has 86 valence electrons. The van der Waals surface area contributed by atoms with Crippen molar-refractivity contribution >= 4 is 0 Å². The molecule has 0 unspecified atom stereocenters. The smallest absolute Gasteiger partial charge is 0.163 e. The van der Waals surface area contributed by atoms with Gasteiger partial charge in [0.25, 0.3) is 0 Å². The van der Waals surface area contributed by atoms with Crippen molar-refractivity contribution in [1.82, 2.24) is 9.78 Å². The van der Waals surface area contributed by atoms with Gasteiger partial charge < -0.3 is 4.74 Å². The van der Waals surface area contributed by atoms with Crippen LogP contribution in [0.1, 0.15) is 11.3 Å². The molecule has 1 aromatic carbocycles. The molecular formula is C13H13N3O. The monoisotopic (exact) mass is 227 g/mol. The quantitative estimate of drug-likeness (QED) is 0.790. The van der Waals surface area contributed by atoms with Crippen LogP contribution in [-0.4, -0.2) is 16.9 Å². The highest BCUT2D eigenvalue weighted by atomic mass is 16.5. The molecule has 0 atom stereocenters. The van der Waals surface area contributed by atoms with Gasteiger partial charge in [-0.15, -0.1) is 0 Å². The molecule has 0 aliphatic carbocycles. The van der Waals surface area contributed by atoms with E-state index in [-0.39, 0.29) is 0 Å². The van der Waals surface area contributed by atoms with Crippen LogP contribution >= 0.6 is 0 Å². The van der Waals surface area contributed by atoms with Crippen LogP contribution in [0.25, 0.3) is 11.3 Å². The van der Waals surface area contributed by atoms with E-state index in [1.165, 1.54) is 0 Å². The predicted molar refractivity (Wildman–Crippen MR) is 64.6 cm³/mol. The standard InChI is InChI=1S/C13H13N3O/c1-9-6-10(4-5-13(9)17-3)12-7-11(8-14)15-16(12)2/h4-7H,1-3H3. The molecule has 0 bridgehead atoms. The second-order valence-corrected chi connectivity index (χ2v) is 3.83. The Morgan fingerprint density at radius 3 is 2.65 bits per heavy atom. The van der Waals surface area contributed by atoms with Gasteiger partial charge in [0.15, 0.2) is 5.69 Å². The van der Waals surface area contributed by atoms with Gasteiger partial charge in [0.2, 0.25) is 0 Å². The Labute approximate surface area is 100 Å². The lowest BCUT2D eigenvalue weighted by Gasteiger charge is -2.07. The molecule has 0 amide bonds. The summed E-state index contributed by atoms with van der Waals surface area (Å²) >= 11 is 0. The van der Waals surface area contributed by atoms with Gasteiger partial charge in [0.05, 0.1) is 12.8 Å². The Bertz CT molecular complexity index is 593. The van der Waals surface area contributed by atoms with Gasteiger partial charge in [-0.25, -0.2) is 0 Å². The minimum absolute atomic E-state index is 0.427. The van der Waals surface area contributed by atoms with Crippen LogP contribution in [0.3, 0.4) is 0 Å². The van der Waals surface area contributed by atoms with E-state index in [0.717, 1.165) is 22.6 Å². The maximum atomic E-state index is 8.81. The van der Waals surface area contributed by atoms with E-state index in [4.69, 9.17) is 10.00 Å². The predicted octanol–water partition coefficient (Wildman–Crippen LogP) is 2.28. The molecule has 2 rings (SSSR count). The normalized spacial score (nSPS) is 10.0. The second kappa shape index (κ2) is 4.30. The maximum absolute atomic E-state index is 8.81. The summed E-state index contributed by atoms with van der Waals surface area (Å²) in [4.78, 5) is 0. The summed E-state index contributed by atoms with van der Waals surface area (Å²) in [6.45, 7) is 1.99. The zero-order valence-electron chi connectivity index (χ0n) is 10.1. The number of aryl methyl sites for hydroxylation is 2. The summed E-state index contributed by atoms with van der Waals surface area (Å²) < 4.78 is 6.93. The van der Waals surface area contributed by atoms with E-state index in [1.807, 2.05) is 38.2 Å². The fourth-order valence-corrected chi connectivity index (χ4v) is 1.83. The molecule has 0 aliphatic heterocycles. The van der Waals surface area contributed by atoms with E-state index in [0.29, 0.717) is 5.69 Å². The summed E-state index contributed by atoms with van der Waals surface area (Å²) in [5.41, 5.74) is 3.44. The van der Waals surface area contributed by atoms with E-state index < -0.39 is 0 Å². The fourth-order valence-electron chi connectivity index (χ4n) is 1.83. The zero-order chi connectivity index (χ0) is 12.4. The molecule has 1 heterocycles. The van der Waals surface area contributed by atoms with Crippen LogP contribution in [0.15, 0.2) is 24.3 Å². The number of nitriles is 1. The summed E-state index contributed by atoms with van der Waals surface area (Å²) in [6, 6.07) is 9.72. The van der Waals surface area contributed by atoms with Gasteiger partial charge in [-0.05, 0) is 30.7 Å². The molecule has 0 saturated carbocycles. The van der Waals surface area contributed by atoms with Crippen molar-refractivity contribution in [3.63, 3.8) is 0 Å². The minimum atomic E-state index is 0.427. The first kappa shape index (κ1) is 11.2. The molecule has 4 nitrogen and oxygen atoms in total. The van der Waals surface area contributed by atoms with Crippen LogP contribution in [0.2, 0.25) is 0 Å². The average Bonchev–Trinajstić information content (AvgIpc) is 2.70. The number of rotatable bonds is 2. The number of ether oxygens (including phenoxy) is 1. The third-order valence-corrected chi connectivity index (χ3v) is 2.68. The fraction of sp³-hybridized carbons (Fsp3) is 0.231.